The zero-order valence-electron chi connectivity index (χ0n) is 20.6. The summed E-state index contributed by atoms with van der Waals surface area (Å²) in [5.74, 6) is 0. The number of hydrogen-bond donors (Lipinski definition) is 0. The summed E-state index contributed by atoms with van der Waals surface area (Å²) in [4.78, 5) is 0. The smallest absolute Gasteiger partial charge is 0.0972 e. The number of hydrogen-bond acceptors (Lipinski definition) is 0. The fourth-order valence-corrected chi connectivity index (χ4v) is 4.31. The van der Waals surface area contributed by atoms with E-state index in [1.54, 1.807) is 0 Å². The van der Waals surface area contributed by atoms with Crippen LogP contribution in [-0.4, -0.2) is 30.7 Å². The van der Waals surface area contributed by atoms with Crippen molar-refractivity contribution in [2.75, 3.05) is 20.6 Å². The Bertz CT molecular complexity index is 488. The number of benzene rings is 1. The molecule has 1 aromatic carbocycles. The van der Waals surface area contributed by atoms with Gasteiger partial charge >= 0.3 is 0 Å². The van der Waals surface area contributed by atoms with Crippen molar-refractivity contribution < 1.29 is 4.48 Å². The van der Waals surface area contributed by atoms with E-state index in [-0.39, 0.29) is 5.54 Å². The number of nitrogens with zero attached hydrogens (tertiary/aromatic N) is 1. The molecule has 0 aliphatic rings. The normalized spacial score (nSPS) is 12.4. The van der Waals surface area contributed by atoms with Crippen LogP contribution in [0.4, 0.5) is 0 Å². The first-order valence-corrected chi connectivity index (χ1v) is 12.8. The van der Waals surface area contributed by atoms with Gasteiger partial charge in [0.25, 0.3) is 0 Å². The fourth-order valence-electron chi connectivity index (χ4n) is 4.31. The molecule has 0 aliphatic carbocycles. The molecule has 0 radical (unpaired) electrons. The first-order valence-electron chi connectivity index (χ1n) is 12.8. The van der Waals surface area contributed by atoms with Crippen LogP contribution in [0.1, 0.15) is 116 Å². The van der Waals surface area contributed by atoms with Crippen molar-refractivity contribution in [2.45, 2.75) is 123 Å². The Kier molecular flexibility index (Phi) is 13.6. The molecule has 0 fully saturated rings. The Morgan fingerprint density at radius 1 is 0.621 bits per heavy atom. The Morgan fingerprint density at radius 2 is 1.03 bits per heavy atom. The average molecular weight is 403 g/mol. The van der Waals surface area contributed by atoms with E-state index in [2.05, 4.69) is 65.2 Å². The van der Waals surface area contributed by atoms with Gasteiger partial charge in [0.1, 0.15) is 0 Å². The molecule has 0 bridgehead atoms. The van der Waals surface area contributed by atoms with Crippen LogP contribution >= 0.6 is 0 Å². The molecule has 0 amide bonds. The molecular formula is C28H52N+. The lowest BCUT2D eigenvalue weighted by atomic mass is 9.91. The Hall–Kier alpha value is -0.820. The molecule has 0 heterocycles. The summed E-state index contributed by atoms with van der Waals surface area (Å²) in [6.45, 7) is 8.46. The number of quaternary nitrogens is 1. The highest BCUT2D eigenvalue weighted by atomic mass is 15.4. The Balaban J connectivity index is 2.03. The van der Waals surface area contributed by atoms with Gasteiger partial charge in [-0.15, -0.1) is 0 Å². The quantitative estimate of drug-likeness (QED) is 0.170. The highest BCUT2D eigenvalue weighted by molar-refractivity contribution is 5.16. The van der Waals surface area contributed by atoms with Crippen molar-refractivity contribution in [3.8, 4) is 0 Å². The van der Waals surface area contributed by atoms with Gasteiger partial charge in [-0.2, -0.15) is 0 Å². The first kappa shape index (κ1) is 26.2. The van der Waals surface area contributed by atoms with Gasteiger partial charge in [-0.1, -0.05) is 114 Å². The van der Waals surface area contributed by atoms with Crippen molar-refractivity contribution in [1.82, 2.24) is 0 Å². The second-order valence-electron chi connectivity index (χ2n) is 10.5. The minimum atomic E-state index is 0.276. The average Bonchev–Trinajstić information content (AvgIpc) is 2.68. The van der Waals surface area contributed by atoms with Crippen molar-refractivity contribution in [1.29, 1.82) is 0 Å². The lowest BCUT2D eigenvalue weighted by molar-refractivity contribution is -0.938. The molecular weight excluding hydrogens is 350 g/mol. The largest absolute Gasteiger partial charge is 0.324 e. The maximum atomic E-state index is 2.43. The minimum absolute atomic E-state index is 0.276. The predicted molar refractivity (Wildman–Crippen MR) is 132 cm³/mol. The molecule has 1 rings (SSSR count). The van der Waals surface area contributed by atoms with Crippen molar-refractivity contribution >= 4 is 0 Å². The summed E-state index contributed by atoms with van der Waals surface area (Å²) in [5.41, 5.74) is 1.74. The molecule has 29 heavy (non-hydrogen) atoms. The van der Waals surface area contributed by atoms with E-state index in [1.165, 1.54) is 102 Å². The highest BCUT2D eigenvalue weighted by Crippen LogP contribution is 2.26. The third-order valence-corrected chi connectivity index (χ3v) is 7.19. The third kappa shape index (κ3) is 11.8. The lowest BCUT2D eigenvalue weighted by Gasteiger charge is -2.45. The summed E-state index contributed by atoms with van der Waals surface area (Å²) in [6, 6.07) is 11.0. The van der Waals surface area contributed by atoms with Gasteiger partial charge in [0.05, 0.1) is 26.2 Å². The second-order valence-corrected chi connectivity index (χ2v) is 10.5. The molecule has 0 saturated heterocycles. The van der Waals surface area contributed by atoms with Crippen molar-refractivity contribution in [2.24, 2.45) is 0 Å². The second kappa shape index (κ2) is 15.1. The summed E-state index contributed by atoms with van der Waals surface area (Å²) < 4.78 is 1.11. The molecule has 0 atom stereocenters. The topological polar surface area (TPSA) is 0 Å². The molecule has 0 spiro atoms. The molecule has 1 nitrogen and oxygen atoms in total. The maximum Gasteiger partial charge on any atom is 0.0972 e. The van der Waals surface area contributed by atoms with Gasteiger partial charge in [-0.25, -0.2) is 0 Å². The molecule has 0 aromatic heterocycles. The molecule has 168 valence electrons. The highest BCUT2D eigenvalue weighted by Gasteiger charge is 2.35. The van der Waals surface area contributed by atoms with E-state index >= 15 is 0 Å². The van der Waals surface area contributed by atoms with E-state index in [0.29, 0.717) is 0 Å². The standard InChI is InChI=1S/C28H52N/c1-6-7-8-9-10-11-12-13-14-15-16-17-18-22-25-29(4,5)28(2,3)26-27-23-20-19-21-24-27/h19-21,23-24H,6-18,22,25-26H2,1-5H3/q+1. The van der Waals surface area contributed by atoms with Gasteiger partial charge in [0.2, 0.25) is 0 Å². The van der Waals surface area contributed by atoms with Gasteiger partial charge < -0.3 is 4.48 Å². The maximum absolute atomic E-state index is 2.43. The van der Waals surface area contributed by atoms with Gasteiger partial charge in [0.15, 0.2) is 0 Å². The third-order valence-electron chi connectivity index (χ3n) is 7.19. The van der Waals surface area contributed by atoms with E-state index in [0.717, 1.165) is 10.9 Å². The van der Waals surface area contributed by atoms with Crippen LogP contribution < -0.4 is 0 Å². The zero-order valence-corrected chi connectivity index (χ0v) is 20.6. The molecule has 1 heteroatoms. The number of likely N-dealkylation sites (N-methyl/N-ethyl adjacent to an activating group) is 1. The fraction of sp³-hybridized carbons (Fsp3) is 0.786. The zero-order chi connectivity index (χ0) is 21.4. The summed E-state index contributed by atoms with van der Waals surface area (Å²) in [7, 11) is 4.84. The Morgan fingerprint density at radius 3 is 1.48 bits per heavy atom. The van der Waals surface area contributed by atoms with Gasteiger partial charge in [-0.3, -0.25) is 0 Å². The summed E-state index contributed by atoms with van der Waals surface area (Å²) in [6.07, 6.45) is 21.3. The van der Waals surface area contributed by atoms with Crippen LogP contribution in [0, 0.1) is 0 Å². The van der Waals surface area contributed by atoms with Crippen molar-refractivity contribution in [3.63, 3.8) is 0 Å². The van der Waals surface area contributed by atoms with Crippen LogP contribution in [0.3, 0.4) is 0 Å². The molecule has 0 unspecified atom stereocenters. The lowest BCUT2D eigenvalue weighted by Crippen LogP contribution is -2.57. The van der Waals surface area contributed by atoms with Crippen LogP contribution in [-0.2, 0) is 6.42 Å². The monoisotopic (exact) mass is 402 g/mol. The number of unbranched alkanes of at least 4 members (excludes halogenated alkanes) is 13. The minimum Gasteiger partial charge on any atom is -0.324 e. The van der Waals surface area contributed by atoms with Gasteiger partial charge in [0, 0.05) is 6.42 Å². The van der Waals surface area contributed by atoms with E-state index in [4.69, 9.17) is 0 Å². The van der Waals surface area contributed by atoms with Crippen LogP contribution in [0.25, 0.3) is 0 Å². The SMILES string of the molecule is CCCCCCCCCCCCCCCC[N+](C)(C)C(C)(C)Cc1ccccc1. The van der Waals surface area contributed by atoms with Crippen LogP contribution in [0.2, 0.25) is 0 Å². The summed E-state index contributed by atoms with van der Waals surface area (Å²) in [5, 5.41) is 0. The Labute approximate surface area is 183 Å². The first-order chi connectivity index (χ1) is 13.9. The van der Waals surface area contributed by atoms with Crippen molar-refractivity contribution in [3.05, 3.63) is 35.9 Å². The summed E-state index contributed by atoms with van der Waals surface area (Å²) >= 11 is 0. The van der Waals surface area contributed by atoms with Gasteiger partial charge in [-0.05, 0) is 32.3 Å². The predicted octanol–water partition coefficient (Wildman–Crippen LogP) is 8.57. The van der Waals surface area contributed by atoms with E-state index in [9.17, 15) is 0 Å². The molecule has 0 saturated carbocycles. The number of rotatable bonds is 18. The van der Waals surface area contributed by atoms with Crippen LogP contribution in [0.15, 0.2) is 30.3 Å². The van der Waals surface area contributed by atoms with E-state index < -0.39 is 0 Å². The van der Waals surface area contributed by atoms with Crippen LogP contribution in [0.5, 0.6) is 0 Å². The molecule has 0 aliphatic heterocycles. The molecule has 1 aromatic rings. The molecule has 0 N–H and O–H groups in total. The van der Waals surface area contributed by atoms with E-state index in [1.807, 2.05) is 0 Å².